The summed E-state index contributed by atoms with van der Waals surface area (Å²) in [6.07, 6.45) is 0.648. The first-order valence-corrected chi connectivity index (χ1v) is 11.6. The number of halogens is 3. The number of likely N-dealkylation sites (tertiary alicyclic amines) is 1. The zero-order chi connectivity index (χ0) is 24.0. The third-order valence-electron chi connectivity index (χ3n) is 7.15. The highest BCUT2D eigenvalue weighted by molar-refractivity contribution is 5.99. The van der Waals surface area contributed by atoms with Gasteiger partial charge in [0.2, 0.25) is 11.7 Å². The van der Waals surface area contributed by atoms with Crippen LogP contribution in [0.1, 0.15) is 60.3 Å². The molecule has 1 saturated heterocycles. The third kappa shape index (κ3) is 4.17. The summed E-state index contributed by atoms with van der Waals surface area (Å²) in [6.45, 7) is 1.30. The molecule has 1 aromatic carbocycles. The standard InChI is InChI=1S/C23H26F3N5O3/c1-30-10-4-7-18(30)20(32)27-16-5-2-3-6-17(16)31-12-14-9-8-13(11-15(14)21(31)33)19-28-22(34-29-19)23(24,25)26/h8-9,11,16-18H,2-7,10,12H2,1H3,(H,27,32)/t16-,17-,18-/m1/s1. The van der Waals surface area contributed by atoms with Crippen LogP contribution in [0.5, 0.6) is 0 Å². The minimum atomic E-state index is -4.73. The summed E-state index contributed by atoms with van der Waals surface area (Å²) in [4.78, 5) is 33.5. The van der Waals surface area contributed by atoms with E-state index in [4.69, 9.17) is 0 Å². The number of benzene rings is 1. The van der Waals surface area contributed by atoms with Crippen LogP contribution in [-0.2, 0) is 17.5 Å². The topological polar surface area (TPSA) is 91.6 Å². The number of likely N-dealkylation sites (N-methyl/N-ethyl adjacent to an activating group) is 1. The largest absolute Gasteiger partial charge is 0.471 e. The Bertz CT molecular complexity index is 1100. The van der Waals surface area contributed by atoms with Crippen LogP contribution in [0.2, 0.25) is 0 Å². The minimum Gasteiger partial charge on any atom is -0.350 e. The summed E-state index contributed by atoms with van der Waals surface area (Å²) in [5, 5.41) is 6.62. The van der Waals surface area contributed by atoms with E-state index in [1.807, 2.05) is 7.05 Å². The molecule has 2 aromatic rings. The molecule has 2 fully saturated rings. The predicted molar refractivity (Wildman–Crippen MR) is 114 cm³/mol. The molecular weight excluding hydrogens is 451 g/mol. The molecule has 8 nitrogen and oxygen atoms in total. The summed E-state index contributed by atoms with van der Waals surface area (Å²) in [5.41, 5.74) is 1.49. The number of carbonyl (C=O) groups excluding carboxylic acids is 2. The third-order valence-corrected chi connectivity index (χ3v) is 7.15. The summed E-state index contributed by atoms with van der Waals surface area (Å²) in [6, 6.07) is 4.45. The van der Waals surface area contributed by atoms with Crippen molar-refractivity contribution in [3.63, 3.8) is 0 Å². The Kier molecular flexibility index (Phi) is 5.83. The lowest BCUT2D eigenvalue weighted by atomic mass is 9.89. The quantitative estimate of drug-likeness (QED) is 0.727. The summed E-state index contributed by atoms with van der Waals surface area (Å²) in [7, 11) is 1.95. The SMILES string of the molecule is CN1CCC[C@@H]1C(=O)N[C@@H]1CCCC[C@H]1N1Cc2ccc(-c3noc(C(F)(F)F)n3)cc2C1=O. The van der Waals surface area contributed by atoms with Crippen molar-refractivity contribution in [3.8, 4) is 11.4 Å². The molecule has 2 aliphatic heterocycles. The molecule has 1 aromatic heterocycles. The normalized spacial score (nSPS) is 25.6. The van der Waals surface area contributed by atoms with Gasteiger partial charge >= 0.3 is 12.1 Å². The fourth-order valence-electron chi connectivity index (χ4n) is 5.36. The van der Waals surface area contributed by atoms with E-state index in [9.17, 15) is 22.8 Å². The number of nitrogens with zero attached hydrogens (tertiary/aromatic N) is 4. The van der Waals surface area contributed by atoms with Gasteiger partial charge in [-0.3, -0.25) is 14.5 Å². The highest BCUT2D eigenvalue weighted by Gasteiger charge is 2.41. The predicted octanol–water partition coefficient (Wildman–Crippen LogP) is 3.23. The molecule has 0 spiro atoms. The molecule has 3 aliphatic rings. The molecular formula is C23H26F3N5O3. The zero-order valence-corrected chi connectivity index (χ0v) is 18.8. The molecule has 1 saturated carbocycles. The fourth-order valence-corrected chi connectivity index (χ4v) is 5.36. The molecule has 3 atom stereocenters. The van der Waals surface area contributed by atoms with Crippen LogP contribution < -0.4 is 5.32 Å². The highest BCUT2D eigenvalue weighted by atomic mass is 19.4. The van der Waals surface area contributed by atoms with Crippen LogP contribution in [0.25, 0.3) is 11.4 Å². The van der Waals surface area contributed by atoms with Gasteiger partial charge < -0.3 is 14.7 Å². The number of rotatable bonds is 4. The van der Waals surface area contributed by atoms with Gasteiger partial charge in [-0.25, -0.2) is 0 Å². The van der Waals surface area contributed by atoms with Crippen molar-refractivity contribution in [2.75, 3.05) is 13.6 Å². The van der Waals surface area contributed by atoms with E-state index in [1.165, 1.54) is 6.07 Å². The maximum absolute atomic E-state index is 13.3. The van der Waals surface area contributed by atoms with Crippen LogP contribution in [0.15, 0.2) is 22.7 Å². The number of nitrogens with one attached hydrogen (secondary N) is 1. The van der Waals surface area contributed by atoms with Crippen molar-refractivity contribution in [3.05, 3.63) is 35.2 Å². The molecule has 2 amide bonds. The maximum atomic E-state index is 13.3. The first-order valence-electron chi connectivity index (χ1n) is 11.6. The van der Waals surface area contributed by atoms with Crippen molar-refractivity contribution < 1.29 is 27.3 Å². The van der Waals surface area contributed by atoms with Crippen LogP contribution in [0, 0.1) is 0 Å². The molecule has 1 N–H and O–H groups in total. The Morgan fingerprint density at radius 2 is 1.97 bits per heavy atom. The number of carbonyl (C=O) groups is 2. The van der Waals surface area contributed by atoms with Gasteiger partial charge in [-0.2, -0.15) is 18.2 Å². The number of hydrogen-bond donors (Lipinski definition) is 1. The first-order chi connectivity index (χ1) is 16.2. The molecule has 34 heavy (non-hydrogen) atoms. The van der Waals surface area contributed by atoms with Crippen molar-refractivity contribution >= 4 is 11.8 Å². The van der Waals surface area contributed by atoms with E-state index in [1.54, 1.807) is 17.0 Å². The van der Waals surface area contributed by atoms with Crippen LogP contribution in [0.4, 0.5) is 13.2 Å². The van der Waals surface area contributed by atoms with E-state index in [-0.39, 0.29) is 41.3 Å². The average molecular weight is 477 g/mol. The maximum Gasteiger partial charge on any atom is 0.471 e. The Balaban J connectivity index is 1.34. The van der Waals surface area contributed by atoms with Gasteiger partial charge in [-0.05, 0) is 50.9 Å². The Morgan fingerprint density at radius 1 is 1.18 bits per heavy atom. The fraction of sp³-hybridized carbons (Fsp3) is 0.565. The summed E-state index contributed by atoms with van der Waals surface area (Å²) >= 11 is 0. The average Bonchev–Trinajstić information content (AvgIpc) is 3.53. The van der Waals surface area contributed by atoms with Gasteiger partial charge in [0.25, 0.3) is 5.91 Å². The second kappa shape index (κ2) is 8.68. The van der Waals surface area contributed by atoms with E-state index in [2.05, 4.69) is 24.9 Å². The van der Waals surface area contributed by atoms with Gasteiger partial charge in [0.15, 0.2) is 0 Å². The number of aromatic nitrogens is 2. The van der Waals surface area contributed by atoms with E-state index < -0.39 is 12.1 Å². The monoisotopic (exact) mass is 477 g/mol. The van der Waals surface area contributed by atoms with Gasteiger partial charge in [-0.1, -0.05) is 30.1 Å². The Hall–Kier alpha value is -2.95. The lowest BCUT2D eigenvalue weighted by Gasteiger charge is -2.39. The van der Waals surface area contributed by atoms with Crippen molar-refractivity contribution in [1.82, 2.24) is 25.3 Å². The molecule has 0 bridgehead atoms. The van der Waals surface area contributed by atoms with E-state index in [0.717, 1.165) is 50.6 Å². The number of fused-ring (bicyclic) bond motifs is 1. The van der Waals surface area contributed by atoms with E-state index >= 15 is 0 Å². The van der Waals surface area contributed by atoms with Gasteiger partial charge in [0.05, 0.1) is 12.1 Å². The molecule has 5 rings (SSSR count). The second-order valence-corrected chi connectivity index (χ2v) is 9.33. The molecule has 0 unspecified atom stereocenters. The Labute approximate surface area is 194 Å². The zero-order valence-electron chi connectivity index (χ0n) is 18.8. The van der Waals surface area contributed by atoms with Crippen molar-refractivity contribution in [2.24, 2.45) is 0 Å². The molecule has 0 radical (unpaired) electrons. The number of hydrogen-bond acceptors (Lipinski definition) is 6. The van der Waals surface area contributed by atoms with Gasteiger partial charge in [0, 0.05) is 23.7 Å². The molecule has 182 valence electrons. The minimum absolute atomic E-state index is 0.0147. The second-order valence-electron chi connectivity index (χ2n) is 9.33. The highest BCUT2D eigenvalue weighted by Crippen LogP contribution is 2.34. The number of amides is 2. The smallest absolute Gasteiger partial charge is 0.350 e. The van der Waals surface area contributed by atoms with Crippen LogP contribution in [0.3, 0.4) is 0 Å². The van der Waals surface area contributed by atoms with Gasteiger partial charge in [-0.15, -0.1) is 0 Å². The molecule has 1 aliphatic carbocycles. The van der Waals surface area contributed by atoms with E-state index in [0.29, 0.717) is 12.1 Å². The van der Waals surface area contributed by atoms with Crippen molar-refractivity contribution in [1.29, 1.82) is 0 Å². The molecule has 11 heteroatoms. The lowest BCUT2D eigenvalue weighted by Crippen LogP contribution is -2.56. The first kappa shape index (κ1) is 22.8. The Morgan fingerprint density at radius 3 is 2.68 bits per heavy atom. The molecule has 3 heterocycles. The van der Waals surface area contributed by atoms with Crippen molar-refractivity contribution in [2.45, 2.75) is 69.4 Å². The van der Waals surface area contributed by atoms with Crippen LogP contribution in [-0.4, -0.2) is 63.5 Å². The summed E-state index contributed by atoms with van der Waals surface area (Å²) in [5.74, 6) is -1.82. The van der Waals surface area contributed by atoms with Gasteiger partial charge in [0.1, 0.15) is 0 Å². The lowest BCUT2D eigenvalue weighted by molar-refractivity contribution is -0.159. The van der Waals surface area contributed by atoms with Crippen LogP contribution >= 0.6 is 0 Å². The summed E-state index contributed by atoms with van der Waals surface area (Å²) < 4.78 is 42.8. The number of alkyl halides is 3.